The maximum absolute atomic E-state index is 13.9. The van der Waals surface area contributed by atoms with Crippen molar-refractivity contribution in [2.75, 3.05) is 26.2 Å². The first-order valence-corrected chi connectivity index (χ1v) is 13.9. The van der Waals surface area contributed by atoms with E-state index >= 15 is 0 Å². The summed E-state index contributed by atoms with van der Waals surface area (Å²) in [5.74, 6) is -1.67. The lowest BCUT2D eigenvalue weighted by atomic mass is 10.2. The minimum Gasteiger partial charge on any atom is -0.350 e. The van der Waals surface area contributed by atoms with Crippen LogP contribution in [0.2, 0.25) is 5.02 Å². The molecule has 0 atom stereocenters. The molecule has 0 saturated carbocycles. The van der Waals surface area contributed by atoms with Gasteiger partial charge in [0.25, 0.3) is 17.1 Å². The van der Waals surface area contributed by atoms with Gasteiger partial charge in [-0.1, -0.05) is 36.2 Å². The molecular weight excluding hydrogens is 529 g/mol. The van der Waals surface area contributed by atoms with Gasteiger partial charge in [0.2, 0.25) is 10.0 Å². The van der Waals surface area contributed by atoms with Crippen molar-refractivity contribution < 1.29 is 27.2 Å². The number of benzene rings is 2. The third kappa shape index (κ3) is 5.64. The van der Waals surface area contributed by atoms with Crippen LogP contribution in [-0.2, 0) is 14.8 Å². The van der Waals surface area contributed by atoms with Crippen molar-refractivity contribution in [2.45, 2.75) is 24.2 Å². The number of imide groups is 1. The fourth-order valence-corrected chi connectivity index (χ4v) is 6.77. The third-order valence-corrected chi connectivity index (χ3v) is 9.10. The number of carbonyl (C=O) groups is 3. The van der Waals surface area contributed by atoms with Crippen LogP contribution in [0.5, 0.6) is 0 Å². The van der Waals surface area contributed by atoms with Gasteiger partial charge < -0.3 is 5.32 Å². The summed E-state index contributed by atoms with van der Waals surface area (Å²) in [6, 6.07) is 9.89. The zero-order chi connectivity index (χ0) is 25.9. The molecule has 0 radical (unpaired) electrons. The Morgan fingerprint density at radius 1 is 1.11 bits per heavy atom. The molecule has 0 aromatic heterocycles. The van der Waals surface area contributed by atoms with Gasteiger partial charge in [-0.15, -0.1) is 0 Å². The predicted octanol–water partition coefficient (Wildman–Crippen LogP) is 4.12. The summed E-state index contributed by atoms with van der Waals surface area (Å²) in [6.07, 6.45) is 3.81. The topological polar surface area (TPSA) is 104 Å². The van der Waals surface area contributed by atoms with Gasteiger partial charge in [-0.2, -0.15) is 4.31 Å². The Balaban J connectivity index is 1.40. The molecule has 2 aliphatic heterocycles. The molecule has 2 aliphatic rings. The van der Waals surface area contributed by atoms with Gasteiger partial charge in [0.15, 0.2) is 0 Å². The number of halogens is 2. The molecule has 36 heavy (non-hydrogen) atoms. The zero-order valence-electron chi connectivity index (χ0n) is 19.1. The van der Waals surface area contributed by atoms with Crippen LogP contribution in [-0.4, -0.2) is 60.9 Å². The smallest absolute Gasteiger partial charge is 0.293 e. The largest absolute Gasteiger partial charge is 0.350 e. The van der Waals surface area contributed by atoms with Gasteiger partial charge in [0, 0.05) is 37.3 Å². The highest BCUT2D eigenvalue weighted by Crippen LogP contribution is 2.32. The average molecular weight is 552 g/mol. The van der Waals surface area contributed by atoms with Crippen molar-refractivity contribution in [1.82, 2.24) is 14.5 Å². The van der Waals surface area contributed by atoms with E-state index in [9.17, 15) is 27.2 Å². The second-order valence-electron chi connectivity index (χ2n) is 8.22. The van der Waals surface area contributed by atoms with Gasteiger partial charge in [-0.05, 0) is 54.9 Å². The van der Waals surface area contributed by atoms with Gasteiger partial charge in [0.1, 0.15) is 10.7 Å². The van der Waals surface area contributed by atoms with E-state index in [2.05, 4.69) is 5.32 Å². The van der Waals surface area contributed by atoms with Crippen LogP contribution in [0.1, 0.15) is 35.2 Å². The lowest BCUT2D eigenvalue weighted by Gasteiger charge is -2.26. The third-order valence-electron chi connectivity index (χ3n) is 5.81. The molecule has 8 nitrogen and oxygen atoms in total. The summed E-state index contributed by atoms with van der Waals surface area (Å²) in [4.78, 5) is 38.5. The zero-order valence-corrected chi connectivity index (χ0v) is 21.5. The average Bonchev–Trinajstić information content (AvgIpc) is 3.13. The molecule has 0 unspecified atom stereocenters. The highest BCUT2D eigenvalue weighted by Gasteiger charge is 2.35. The van der Waals surface area contributed by atoms with E-state index in [1.165, 1.54) is 46.8 Å². The molecule has 2 fully saturated rings. The van der Waals surface area contributed by atoms with Crippen molar-refractivity contribution >= 4 is 56.5 Å². The number of amides is 3. The van der Waals surface area contributed by atoms with E-state index in [0.717, 1.165) is 24.2 Å². The Morgan fingerprint density at radius 3 is 2.56 bits per heavy atom. The Bertz CT molecular complexity index is 1340. The number of hydrogen-bond donors (Lipinski definition) is 1. The summed E-state index contributed by atoms with van der Waals surface area (Å²) >= 11 is 6.85. The van der Waals surface area contributed by atoms with Crippen LogP contribution in [0.4, 0.5) is 9.18 Å². The summed E-state index contributed by atoms with van der Waals surface area (Å²) in [5, 5.41) is 2.09. The molecule has 0 aliphatic carbocycles. The standard InChI is InChI=1S/C24H23ClFN3O5S2/c25-18-9-8-17(15-21(18)36(33,34)28-11-4-1-5-12-28)22(30)27-10-13-29-23(31)20(35-24(29)32)14-16-6-2-3-7-19(16)26/h2-3,6-9,14-15H,1,4-5,10-13H2,(H,27,30)/b20-14+. The summed E-state index contributed by atoms with van der Waals surface area (Å²) in [6.45, 7) is 0.648. The predicted molar refractivity (Wildman–Crippen MR) is 135 cm³/mol. The van der Waals surface area contributed by atoms with Crippen LogP contribution >= 0.6 is 23.4 Å². The summed E-state index contributed by atoms with van der Waals surface area (Å²) in [5.41, 5.74) is 0.276. The molecule has 2 saturated heterocycles. The van der Waals surface area contributed by atoms with E-state index in [4.69, 9.17) is 11.6 Å². The number of nitrogens with zero attached hydrogens (tertiary/aromatic N) is 2. The molecule has 1 N–H and O–H groups in total. The van der Waals surface area contributed by atoms with Crippen LogP contribution in [0.3, 0.4) is 0 Å². The second-order valence-corrected chi connectivity index (χ2v) is 11.5. The van der Waals surface area contributed by atoms with Crippen molar-refractivity contribution in [3.8, 4) is 0 Å². The molecule has 2 aromatic carbocycles. The number of sulfonamides is 1. The minimum absolute atomic E-state index is 0.0246. The van der Waals surface area contributed by atoms with E-state index in [1.807, 2.05) is 0 Å². The number of hydrogen-bond acceptors (Lipinski definition) is 6. The van der Waals surface area contributed by atoms with Gasteiger partial charge in [0.05, 0.1) is 9.93 Å². The van der Waals surface area contributed by atoms with Gasteiger partial charge in [-0.25, -0.2) is 12.8 Å². The first kappa shape index (κ1) is 26.3. The summed E-state index contributed by atoms with van der Waals surface area (Å²) in [7, 11) is -3.84. The van der Waals surface area contributed by atoms with Crippen molar-refractivity contribution in [1.29, 1.82) is 0 Å². The molecule has 3 amide bonds. The quantitative estimate of drug-likeness (QED) is 0.519. The van der Waals surface area contributed by atoms with Crippen molar-refractivity contribution in [3.05, 3.63) is 69.3 Å². The van der Waals surface area contributed by atoms with Gasteiger partial charge >= 0.3 is 0 Å². The molecule has 4 rings (SSSR count). The molecule has 190 valence electrons. The molecular formula is C24H23ClFN3O5S2. The SMILES string of the molecule is O=C(NCCN1C(=O)S/C(=C/c2ccccc2F)C1=O)c1ccc(Cl)c(S(=O)(=O)N2CCCCC2)c1. The highest BCUT2D eigenvalue weighted by atomic mass is 35.5. The number of carbonyl (C=O) groups excluding carboxylic acids is 3. The minimum atomic E-state index is -3.84. The van der Waals surface area contributed by atoms with Crippen molar-refractivity contribution in [3.63, 3.8) is 0 Å². The van der Waals surface area contributed by atoms with Crippen LogP contribution in [0.25, 0.3) is 6.08 Å². The van der Waals surface area contributed by atoms with Crippen LogP contribution in [0, 0.1) is 5.82 Å². The number of thioether (sulfide) groups is 1. The Hall–Kier alpha value is -2.73. The maximum atomic E-state index is 13.9. The normalized spacial score (nSPS) is 18.2. The van der Waals surface area contributed by atoms with E-state index in [-0.39, 0.29) is 39.0 Å². The van der Waals surface area contributed by atoms with Crippen LogP contribution < -0.4 is 5.32 Å². The number of piperidine rings is 1. The molecule has 2 aromatic rings. The number of rotatable bonds is 7. The van der Waals surface area contributed by atoms with E-state index < -0.39 is 32.9 Å². The molecule has 2 heterocycles. The van der Waals surface area contributed by atoms with E-state index in [0.29, 0.717) is 24.9 Å². The lowest BCUT2D eigenvalue weighted by Crippen LogP contribution is -2.37. The number of nitrogens with one attached hydrogen (secondary N) is 1. The first-order chi connectivity index (χ1) is 17.2. The first-order valence-electron chi connectivity index (χ1n) is 11.3. The lowest BCUT2D eigenvalue weighted by molar-refractivity contribution is -0.122. The van der Waals surface area contributed by atoms with Crippen LogP contribution in [0.15, 0.2) is 52.3 Å². The summed E-state index contributed by atoms with van der Waals surface area (Å²) < 4.78 is 41.3. The molecule has 0 spiro atoms. The highest BCUT2D eigenvalue weighted by molar-refractivity contribution is 8.18. The van der Waals surface area contributed by atoms with Crippen molar-refractivity contribution in [2.24, 2.45) is 0 Å². The fourth-order valence-electron chi connectivity index (χ4n) is 3.90. The Labute approximate surface area is 217 Å². The Kier molecular flexibility index (Phi) is 8.13. The second kappa shape index (κ2) is 11.1. The monoisotopic (exact) mass is 551 g/mol. The van der Waals surface area contributed by atoms with Gasteiger partial charge in [-0.3, -0.25) is 19.3 Å². The van der Waals surface area contributed by atoms with E-state index in [1.54, 1.807) is 6.07 Å². The fraction of sp³-hybridized carbons (Fsp3) is 0.292. The molecule has 12 heteroatoms. The Morgan fingerprint density at radius 2 is 1.83 bits per heavy atom. The molecule has 0 bridgehead atoms. The maximum Gasteiger partial charge on any atom is 0.293 e.